The highest BCUT2D eigenvalue weighted by Gasteiger charge is 2.21. The summed E-state index contributed by atoms with van der Waals surface area (Å²) < 4.78 is 0. The van der Waals surface area contributed by atoms with Crippen molar-refractivity contribution in [3.05, 3.63) is 0 Å². The SMILES string of the molecule is CC(=O)NCC1CCN(C(N)=NC2CCCCC2)CC1. The summed E-state index contributed by atoms with van der Waals surface area (Å²) in [5.41, 5.74) is 6.15. The summed E-state index contributed by atoms with van der Waals surface area (Å²) in [7, 11) is 0. The molecule has 0 aromatic heterocycles. The van der Waals surface area contributed by atoms with Gasteiger partial charge in [0.25, 0.3) is 0 Å². The van der Waals surface area contributed by atoms with Gasteiger partial charge in [-0.3, -0.25) is 4.79 Å². The van der Waals surface area contributed by atoms with E-state index >= 15 is 0 Å². The van der Waals surface area contributed by atoms with Crippen molar-refractivity contribution in [1.29, 1.82) is 0 Å². The molecule has 0 atom stereocenters. The first kappa shape index (κ1) is 15.1. The second kappa shape index (κ2) is 7.50. The molecule has 0 unspecified atom stereocenters. The molecule has 0 spiro atoms. The third-order valence-electron chi connectivity index (χ3n) is 4.47. The molecule has 0 bridgehead atoms. The minimum Gasteiger partial charge on any atom is -0.370 e. The van der Waals surface area contributed by atoms with Crippen LogP contribution in [0.5, 0.6) is 0 Å². The van der Waals surface area contributed by atoms with Gasteiger partial charge in [0.2, 0.25) is 5.91 Å². The standard InChI is InChI=1S/C15H28N4O/c1-12(20)17-11-13-7-9-19(10-8-13)15(16)18-14-5-3-2-4-6-14/h13-14H,2-11H2,1H3,(H2,16,18)(H,17,20). The maximum absolute atomic E-state index is 10.9. The molecule has 2 fully saturated rings. The summed E-state index contributed by atoms with van der Waals surface area (Å²) in [6.45, 7) is 4.30. The van der Waals surface area contributed by atoms with Crippen LogP contribution in [-0.4, -0.2) is 42.4 Å². The number of hydrogen-bond acceptors (Lipinski definition) is 2. The van der Waals surface area contributed by atoms with Crippen LogP contribution in [0.4, 0.5) is 0 Å². The monoisotopic (exact) mass is 280 g/mol. The van der Waals surface area contributed by atoms with Crippen molar-refractivity contribution in [2.45, 2.75) is 57.9 Å². The number of aliphatic imine (C=N–C) groups is 1. The van der Waals surface area contributed by atoms with E-state index in [4.69, 9.17) is 10.7 Å². The van der Waals surface area contributed by atoms with E-state index in [-0.39, 0.29) is 5.91 Å². The zero-order valence-corrected chi connectivity index (χ0v) is 12.6. The predicted molar refractivity (Wildman–Crippen MR) is 81.5 cm³/mol. The molecule has 0 aromatic carbocycles. The molecule has 2 rings (SSSR count). The Balaban J connectivity index is 1.74. The summed E-state index contributed by atoms with van der Waals surface area (Å²) in [6, 6.07) is 0.445. The highest BCUT2D eigenvalue weighted by Crippen LogP contribution is 2.21. The maximum Gasteiger partial charge on any atom is 0.216 e. The number of guanidine groups is 1. The van der Waals surface area contributed by atoms with E-state index in [9.17, 15) is 4.79 Å². The maximum atomic E-state index is 10.9. The van der Waals surface area contributed by atoms with Gasteiger partial charge in [-0.05, 0) is 31.6 Å². The fraction of sp³-hybridized carbons (Fsp3) is 0.867. The number of carbonyl (C=O) groups excluding carboxylic acids is 1. The van der Waals surface area contributed by atoms with Gasteiger partial charge in [0, 0.05) is 26.6 Å². The summed E-state index contributed by atoms with van der Waals surface area (Å²) >= 11 is 0. The fourth-order valence-electron chi connectivity index (χ4n) is 3.13. The van der Waals surface area contributed by atoms with Crippen molar-refractivity contribution in [2.24, 2.45) is 16.6 Å². The average molecular weight is 280 g/mol. The number of nitrogens with two attached hydrogens (primary N) is 1. The summed E-state index contributed by atoms with van der Waals surface area (Å²) in [4.78, 5) is 17.8. The Morgan fingerprint density at radius 1 is 1.20 bits per heavy atom. The number of amides is 1. The second-order valence-corrected chi connectivity index (χ2v) is 6.15. The van der Waals surface area contributed by atoms with Crippen LogP contribution in [0.2, 0.25) is 0 Å². The normalized spacial score (nSPS) is 22.9. The first-order chi connectivity index (χ1) is 9.65. The largest absolute Gasteiger partial charge is 0.370 e. The third kappa shape index (κ3) is 4.69. The Hall–Kier alpha value is -1.26. The van der Waals surface area contributed by atoms with E-state index in [1.807, 2.05) is 0 Å². The first-order valence-corrected chi connectivity index (χ1v) is 7.98. The van der Waals surface area contributed by atoms with E-state index in [1.54, 1.807) is 6.92 Å². The lowest BCUT2D eigenvalue weighted by Gasteiger charge is -2.33. The molecular formula is C15H28N4O. The fourth-order valence-corrected chi connectivity index (χ4v) is 3.13. The average Bonchev–Trinajstić information content (AvgIpc) is 2.46. The number of rotatable bonds is 3. The summed E-state index contributed by atoms with van der Waals surface area (Å²) in [5.74, 6) is 1.37. The van der Waals surface area contributed by atoms with Gasteiger partial charge >= 0.3 is 0 Å². The van der Waals surface area contributed by atoms with Gasteiger partial charge in [-0.25, -0.2) is 4.99 Å². The number of nitrogens with one attached hydrogen (secondary N) is 1. The van der Waals surface area contributed by atoms with Crippen LogP contribution < -0.4 is 11.1 Å². The van der Waals surface area contributed by atoms with Gasteiger partial charge in [0.1, 0.15) is 0 Å². The second-order valence-electron chi connectivity index (χ2n) is 6.15. The Morgan fingerprint density at radius 2 is 1.85 bits per heavy atom. The van der Waals surface area contributed by atoms with Gasteiger partial charge in [-0.2, -0.15) is 0 Å². The topological polar surface area (TPSA) is 70.7 Å². The van der Waals surface area contributed by atoms with E-state index < -0.39 is 0 Å². The van der Waals surface area contributed by atoms with Crippen LogP contribution in [0.15, 0.2) is 4.99 Å². The van der Waals surface area contributed by atoms with E-state index in [1.165, 1.54) is 32.1 Å². The Kier molecular flexibility index (Phi) is 5.68. The molecule has 1 aliphatic heterocycles. The number of likely N-dealkylation sites (tertiary alicyclic amines) is 1. The number of carbonyl (C=O) groups is 1. The van der Waals surface area contributed by atoms with E-state index in [0.717, 1.165) is 38.4 Å². The molecule has 2 aliphatic rings. The summed E-state index contributed by atoms with van der Waals surface area (Å²) in [6.07, 6.45) is 8.49. The van der Waals surface area contributed by atoms with Gasteiger partial charge in [0.05, 0.1) is 6.04 Å². The molecule has 5 heteroatoms. The van der Waals surface area contributed by atoms with Crippen LogP contribution in [0.1, 0.15) is 51.9 Å². The molecule has 20 heavy (non-hydrogen) atoms. The van der Waals surface area contributed by atoms with Gasteiger partial charge in [0.15, 0.2) is 5.96 Å². The minimum absolute atomic E-state index is 0.0609. The van der Waals surface area contributed by atoms with Crippen molar-refractivity contribution >= 4 is 11.9 Å². The molecule has 0 radical (unpaired) electrons. The molecule has 1 saturated heterocycles. The zero-order valence-electron chi connectivity index (χ0n) is 12.6. The Labute approximate surface area is 122 Å². The minimum atomic E-state index is 0.0609. The summed E-state index contributed by atoms with van der Waals surface area (Å²) in [5, 5.41) is 2.91. The molecular weight excluding hydrogens is 252 g/mol. The highest BCUT2D eigenvalue weighted by molar-refractivity contribution is 5.78. The number of nitrogens with zero attached hydrogens (tertiary/aromatic N) is 2. The molecule has 3 N–H and O–H groups in total. The number of piperidine rings is 1. The van der Waals surface area contributed by atoms with E-state index in [2.05, 4.69) is 10.2 Å². The van der Waals surface area contributed by atoms with Gasteiger partial charge in [-0.15, -0.1) is 0 Å². The highest BCUT2D eigenvalue weighted by atomic mass is 16.1. The molecule has 1 heterocycles. The molecule has 5 nitrogen and oxygen atoms in total. The van der Waals surface area contributed by atoms with Crippen LogP contribution in [-0.2, 0) is 4.79 Å². The zero-order chi connectivity index (χ0) is 14.4. The van der Waals surface area contributed by atoms with Crippen LogP contribution in [0.3, 0.4) is 0 Å². The lowest BCUT2D eigenvalue weighted by Crippen LogP contribution is -2.45. The van der Waals surface area contributed by atoms with Crippen molar-refractivity contribution in [2.75, 3.05) is 19.6 Å². The Morgan fingerprint density at radius 3 is 2.45 bits per heavy atom. The first-order valence-electron chi connectivity index (χ1n) is 7.98. The number of hydrogen-bond donors (Lipinski definition) is 2. The van der Waals surface area contributed by atoms with Gasteiger partial charge in [-0.1, -0.05) is 19.3 Å². The van der Waals surface area contributed by atoms with Gasteiger partial charge < -0.3 is 16.0 Å². The van der Waals surface area contributed by atoms with Crippen molar-refractivity contribution in [1.82, 2.24) is 10.2 Å². The molecule has 1 aliphatic carbocycles. The van der Waals surface area contributed by atoms with Crippen LogP contribution in [0, 0.1) is 5.92 Å². The third-order valence-corrected chi connectivity index (χ3v) is 4.47. The molecule has 0 aromatic rings. The smallest absolute Gasteiger partial charge is 0.216 e. The predicted octanol–water partition coefficient (Wildman–Crippen LogP) is 1.48. The van der Waals surface area contributed by atoms with Crippen LogP contribution >= 0.6 is 0 Å². The van der Waals surface area contributed by atoms with E-state index in [0.29, 0.717) is 12.0 Å². The molecule has 114 valence electrons. The molecule has 1 amide bonds. The van der Waals surface area contributed by atoms with Crippen molar-refractivity contribution in [3.63, 3.8) is 0 Å². The molecule has 1 saturated carbocycles. The Bertz CT molecular complexity index is 342. The lowest BCUT2D eigenvalue weighted by molar-refractivity contribution is -0.119. The van der Waals surface area contributed by atoms with Crippen molar-refractivity contribution < 1.29 is 4.79 Å². The van der Waals surface area contributed by atoms with Crippen molar-refractivity contribution in [3.8, 4) is 0 Å². The quantitative estimate of drug-likeness (QED) is 0.607. The van der Waals surface area contributed by atoms with Crippen LogP contribution in [0.25, 0.3) is 0 Å². The lowest BCUT2D eigenvalue weighted by atomic mass is 9.96.